The Labute approximate surface area is 147 Å². The molecule has 0 spiro atoms. The monoisotopic (exact) mass is 388 g/mol. The minimum absolute atomic E-state index is 0.193. The number of aromatic nitrogens is 3. The average Bonchev–Trinajstić information content (AvgIpc) is 2.81. The van der Waals surface area contributed by atoms with Crippen LogP contribution in [-0.4, -0.2) is 20.7 Å². The van der Waals surface area contributed by atoms with Crippen molar-refractivity contribution in [2.45, 2.75) is 19.9 Å². The molecule has 2 heterocycles. The van der Waals surface area contributed by atoms with Crippen LogP contribution in [0.1, 0.15) is 34.6 Å². The second-order valence-corrected chi connectivity index (χ2v) is 6.68. The lowest BCUT2D eigenvalue weighted by Crippen LogP contribution is -2.27. The number of nitrogens with one attached hydrogen (secondary N) is 2. The second-order valence-electron chi connectivity index (χ2n) is 5.76. The third kappa shape index (κ3) is 2.99. The van der Waals surface area contributed by atoms with Gasteiger partial charge in [-0.2, -0.15) is 0 Å². The molecule has 0 fully saturated rings. The van der Waals surface area contributed by atoms with Gasteiger partial charge in [-0.25, -0.2) is 4.98 Å². The van der Waals surface area contributed by atoms with Crippen LogP contribution in [0.15, 0.2) is 39.6 Å². The van der Waals surface area contributed by atoms with Crippen molar-refractivity contribution in [3.8, 4) is 0 Å². The third-order valence-electron chi connectivity index (χ3n) is 3.88. The number of benzene rings is 1. The molecule has 6 nitrogen and oxygen atoms in total. The number of carbonyl (C=O) groups excluding carboxylic acids is 1. The van der Waals surface area contributed by atoms with E-state index in [0.717, 1.165) is 10.0 Å². The van der Waals surface area contributed by atoms with Crippen LogP contribution < -0.4 is 10.9 Å². The number of carbonyl (C=O) groups is 1. The van der Waals surface area contributed by atoms with Gasteiger partial charge in [-0.05, 0) is 37.6 Å². The Morgan fingerprint density at radius 3 is 2.83 bits per heavy atom. The molecule has 2 N–H and O–H groups in total. The van der Waals surface area contributed by atoms with Crippen LogP contribution in [0.4, 0.5) is 0 Å². The molecule has 0 aliphatic rings. The van der Waals surface area contributed by atoms with E-state index in [1.54, 1.807) is 20.0 Å². The van der Waals surface area contributed by atoms with Crippen molar-refractivity contribution in [2.24, 2.45) is 7.05 Å². The number of hydrogen-bond acceptors (Lipinski definition) is 3. The molecule has 2 aromatic heterocycles. The zero-order valence-electron chi connectivity index (χ0n) is 13.6. The van der Waals surface area contributed by atoms with Crippen molar-refractivity contribution < 1.29 is 4.79 Å². The van der Waals surface area contributed by atoms with Gasteiger partial charge >= 0.3 is 0 Å². The quantitative estimate of drug-likeness (QED) is 0.723. The van der Waals surface area contributed by atoms with E-state index < -0.39 is 0 Å². The predicted molar refractivity (Wildman–Crippen MR) is 96.1 cm³/mol. The lowest BCUT2D eigenvalue weighted by Gasteiger charge is -2.15. The number of nitrogens with zero attached hydrogens (tertiary/aromatic N) is 2. The summed E-state index contributed by atoms with van der Waals surface area (Å²) in [6.07, 6.45) is 0. The maximum Gasteiger partial charge on any atom is 0.274 e. The maximum absolute atomic E-state index is 12.7. The summed E-state index contributed by atoms with van der Waals surface area (Å²) in [5.74, 6) is -0.297. The lowest BCUT2D eigenvalue weighted by atomic mass is 10.1. The second kappa shape index (κ2) is 6.24. The fourth-order valence-electron chi connectivity index (χ4n) is 2.70. The Hall–Kier alpha value is -2.41. The maximum atomic E-state index is 12.7. The fourth-order valence-corrected chi connectivity index (χ4v) is 3.11. The molecule has 1 atom stereocenters. The van der Waals surface area contributed by atoms with Gasteiger partial charge in [-0.3, -0.25) is 19.4 Å². The molecule has 0 aliphatic carbocycles. The van der Waals surface area contributed by atoms with Crippen molar-refractivity contribution in [3.63, 3.8) is 0 Å². The molecule has 0 saturated carbocycles. The first-order chi connectivity index (χ1) is 11.4. The molecule has 0 unspecified atom stereocenters. The Bertz CT molecular complexity index is 990. The minimum Gasteiger partial charge on any atom is -0.345 e. The van der Waals surface area contributed by atoms with Crippen LogP contribution in [0.2, 0.25) is 0 Å². The van der Waals surface area contributed by atoms with Crippen molar-refractivity contribution in [1.29, 1.82) is 0 Å². The minimum atomic E-state index is -0.319. The molecule has 1 amide bonds. The van der Waals surface area contributed by atoms with E-state index in [1.165, 1.54) is 4.68 Å². The Kier molecular flexibility index (Phi) is 4.28. The average molecular weight is 389 g/mol. The van der Waals surface area contributed by atoms with E-state index >= 15 is 0 Å². The first-order valence-corrected chi connectivity index (χ1v) is 8.29. The van der Waals surface area contributed by atoms with Crippen molar-refractivity contribution in [1.82, 2.24) is 20.1 Å². The fraction of sp³-hybridized carbons (Fsp3) is 0.235. The smallest absolute Gasteiger partial charge is 0.274 e. The van der Waals surface area contributed by atoms with Crippen LogP contribution >= 0.6 is 15.9 Å². The van der Waals surface area contributed by atoms with E-state index in [9.17, 15) is 9.59 Å². The van der Waals surface area contributed by atoms with Crippen LogP contribution in [-0.2, 0) is 7.05 Å². The zero-order valence-corrected chi connectivity index (χ0v) is 15.1. The van der Waals surface area contributed by atoms with E-state index in [0.29, 0.717) is 22.3 Å². The standard InChI is InChI=1S/C17H17BrN4O2/c1-9-7-13(14-15(19-9)22(3)21-17(14)24)16(23)20-10(2)11-5-4-6-12(18)8-11/h4-8,10H,1-3H3,(H,20,23)(H,21,24)/t10-/m0/s1. The van der Waals surface area contributed by atoms with Gasteiger partial charge in [0.25, 0.3) is 11.5 Å². The molecule has 124 valence electrons. The van der Waals surface area contributed by atoms with Crippen LogP contribution in [0.3, 0.4) is 0 Å². The topological polar surface area (TPSA) is 79.8 Å². The number of rotatable bonds is 3. The molecule has 0 saturated heterocycles. The van der Waals surface area contributed by atoms with Crippen molar-refractivity contribution in [2.75, 3.05) is 0 Å². The van der Waals surface area contributed by atoms with Crippen molar-refractivity contribution >= 4 is 32.9 Å². The summed E-state index contributed by atoms with van der Waals surface area (Å²) in [6, 6.07) is 9.18. The summed E-state index contributed by atoms with van der Waals surface area (Å²) in [4.78, 5) is 29.2. The van der Waals surface area contributed by atoms with E-state index in [1.807, 2.05) is 31.2 Å². The molecule has 1 aromatic carbocycles. The van der Waals surface area contributed by atoms with Gasteiger partial charge in [0.15, 0.2) is 5.65 Å². The van der Waals surface area contributed by atoms with Crippen LogP contribution in [0, 0.1) is 6.92 Å². The Morgan fingerprint density at radius 1 is 1.38 bits per heavy atom. The first kappa shape index (κ1) is 16.4. The van der Waals surface area contributed by atoms with Gasteiger partial charge in [0.1, 0.15) is 0 Å². The molecule has 0 bridgehead atoms. The predicted octanol–water partition coefficient (Wildman–Crippen LogP) is 2.82. The van der Waals surface area contributed by atoms with Gasteiger partial charge in [-0.1, -0.05) is 28.1 Å². The molecule has 24 heavy (non-hydrogen) atoms. The molecule has 7 heteroatoms. The van der Waals surface area contributed by atoms with Gasteiger partial charge in [0.2, 0.25) is 0 Å². The molecule has 3 rings (SSSR count). The van der Waals surface area contributed by atoms with E-state index in [2.05, 4.69) is 31.3 Å². The van der Waals surface area contributed by atoms with E-state index in [4.69, 9.17) is 0 Å². The Balaban J connectivity index is 1.99. The highest BCUT2D eigenvalue weighted by molar-refractivity contribution is 9.10. The molecule has 3 aromatic rings. The SMILES string of the molecule is Cc1cc(C(=O)N[C@@H](C)c2cccc(Br)c2)c2c(=O)[nH]n(C)c2n1. The highest BCUT2D eigenvalue weighted by Crippen LogP contribution is 2.20. The highest BCUT2D eigenvalue weighted by atomic mass is 79.9. The van der Waals surface area contributed by atoms with Gasteiger partial charge < -0.3 is 5.32 Å². The number of fused-ring (bicyclic) bond motifs is 1. The molecular formula is C17H17BrN4O2. The summed E-state index contributed by atoms with van der Waals surface area (Å²) in [6.45, 7) is 3.70. The largest absolute Gasteiger partial charge is 0.345 e. The molecule has 0 aliphatic heterocycles. The van der Waals surface area contributed by atoms with Gasteiger partial charge in [0, 0.05) is 17.2 Å². The normalized spacial score (nSPS) is 12.3. The van der Waals surface area contributed by atoms with Crippen LogP contribution in [0.5, 0.6) is 0 Å². The third-order valence-corrected chi connectivity index (χ3v) is 4.38. The summed E-state index contributed by atoms with van der Waals surface area (Å²) >= 11 is 3.43. The van der Waals surface area contributed by atoms with E-state index in [-0.39, 0.29) is 17.5 Å². The highest BCUT2D eigenvalue weighted by Gasteiger charge is 2.19. The number of halogens is 1. The number of aryl methyl sites for hydroxylation is 2. The van der Waals surface area contributed by atoms with Gasteiger partial charge in [-0.15, -0.1) is 0 Å². The number of amides is 1. The molecular weight excluding hydrogens is 372 g/mol. The lowest BCUT2D eigenvalue weighted by molar-refractivity contribution is 0.0941. The van der Waals surface area contributed by atoms with Crippen molar-refractivity contribution in [3.05, 3.63) is 62.0 Å². The number of aromatic amines is 1. The summed E-state index contributed by atoms with van der Waals surface area (Å²) in [7, 11) is 1.70. The molecule has 0 radical (unpaired) electrons. The van der Waals surface area contributed by atoms with Crippen LogP contribution in [0.25, 0.3) is 11.0 Å². The number of pyridine rings is 1. The summed E-state index contributed by atoms with van der Waals surface area (Å²) < 4.78 is 2.47. The number of H-pyrrole nitrogens is 1. The Morgan fingerprint density at radius 2 is 2.12 bits per heavy atom. The first-order valence-electron chi connectivity index (χ1n) is 7.49. The van der Waals surface area contributed by atoms with Gasteiger partial charge in [0.05, 0.1) is 17.0 Å². The summed E-state index contributed by atoms with van der Waals surface area (Å²) in [5, 5.41) is 5.90. The summed E-state index contributed by atoms with van der Waals surface area (Å²) in [5.41, 5.74) is 2.14. The number of hydrogen-bond donors (Lipinski definition) is 2. The zero-order chi connectivity index (χ0) is 17.4.